The molecular weight excluding hydrogens is 444 g/mol. The highest BCUT2D eigenvalue weighted by molar-refractivity contribution is 5.09. The number of hydrogen-bond acceptors (Lipinski definition) is 6. The number of hydrogen-bond donors (Lipinski definition) is 2. The standard InChI is InChI=1S/C29H44O6/c1-28(2,20-30)14-7-5-10-24-16-22(32)18-26(34-24)12-9-13-27-19-23(33)17-25(35-27)11-6-8-15-29(3,4)21-31/h16-19,30-31H,5-15,20-21H2,1-4H3. The smallest absolute Gasteiger partial charge is 0.185 e. The summed E-state index contributed by atoms with van der Waals surface area (Å²) < 4.78 is 11.9. The van der Waals surface area contributed by atoms with Gasteiger partial charge in [0.25, 0.3) is 0 Å². The van der Waals surface area contributed by atoms with Crippen LogP contribution < -0.4 is 10.9 Å². The Morgan fingerprint density at radius 3 is 1.20 bits per heavy atom. The van der Waals surface area contributed by atoms with Crippen LogP contribution in [-0.4, -0.2) is 23.4 Å². The molecule has 0 amide bonds. The largest absolute Gasteiger partial charge is 0.466 e. The lowest BCUT2D eigenvalue weighted by Gasteiger charge is -2.20. The molecule has 2 rings (SSSR count). The van der Waals surface area contributed by atoms with Gasteiger partial charge in [0, 0.05) is 63.2 Å². The van der Waals surface area contributed by atoms with Gasteiger partial charge < -0.3 is 19.0 Å². The van der Waals surface area contributed by atoms with Gasteiger partial charge in [0.05, 0.1) is 0 Å². The van der Waals surface area contributed by atoms with E-state index in [4.69, 9.17) is 8.83 Å². The second-order valence-corrected chi connectivity index (χ2v) is 11.4. The van der Waals surface area contributed by atoms with Crippen LogP contribution in [0.2, 0.25) is 0 Å². The molecule has 0 aromatic carbocycles. The Balaban J connectivity index is 1.84. The summed E-state index contributed by atoms with van der Waals surface area (Å²) in [6.07, 6.45) is 8.94. The minimum atomic E-state index is -0.0776. The zero-order chi connectivity index (χ0) is 25.9. The summed E-state index contributed by atoms with van der Waals surface area (Å²) in [5.74, 6) is 2.72. The van der Waals surface area contributed by atoms with Crippen LogP contribution >= 0.6 is 0 Å². The van der Waals surface area contributed by atoms with Crippen LogP contribution in [-0.2, 0) is 25.7 Å². The fourth-order valence-electron chi connectivity index (χ4n) is 4.07. The average Bonchev–Trinajstić information content (AvgIpc) is 2.79. The lowest BCUT2D eigenvalue weighted by Crippen LogP contribution is -2.16. The molecule has 0 unspecified atom stereocenters. The van der Waals surface area contributed by atoms with E-state index >= 15 is 0 Å². The van der Waals surface area contributed by atoms with Crippen molar-refractivity contribution in [3.8, 4) is 0 Å². The van der Waals surface area contributed by atoms with Gasteiger partial charge in [-0.25, -0.2) is 0 Å². The van der Waals surface area contributed by atoms with Crippen LogP contribution in [0, 0.1) is 10.8 Å². The summed E-state index contributed by atoms with van der Waals surface area (Å²) in [5.41, 5.74) is -0.248. The second kappa shape index (κ2) is 13.8. The van der Waals surface area contributed by atoms with Crippen molar-refractivity contribution in [3.63, 3.8) is 0 Å². The molecule has 0 bridgehead atoms. The van der Waals surface area contributed by atoms with E-state index < -0.39 is 0 Å². The van der Waals surface area contributed by atoms with E-state index in [1.54, 1.807) is 24.3 Å². The molecule has 2 N–H and O–H groups in total. The van der Waals surface area contributed by atoms with Crippen molar-refractivity contribution >= 4 is 0 Å². The average molecular weight is 489 g/mol. The first-order valence-electron chi connectivity index (χ1n) is 13.0. The van der Waals surface area contributed by atoms with E-state index in [9.17, 15) is 19.8 Å². The van der Waals surface area contributed by atoms with E-state index in [0.29, 0.717) is 55.1 Å². The van der Waals surface area contributed by atoms with Gasteiger partial charge in [0.2, 0.25) is 0 Å². The van der Waals surface area contributed by atoms with Crippen molar-refractivity contribution in [2.45, 2.75) is 98.3 Å². The van der Waals surface area contributed by atoms with Crippen molar-refractivity contribution in [2.24, 2.45) is 10.8 Å². The molecule has 0 fully saturated rings. The van der Waals surface area contributed by atoms with Crippen molar-refractivity contribution < 1.29 is 19.0 Å². The number of aliphatic hydroxyl groups is 2. The fourth-order valence-corrected chi connectivity index (χ4v) is 4.07. The van der Waals surface area contributed by atoms with Crippen LogP contribution in [0.15, 0.2) is 42.7 Å². The molecule has 6 nitrogen and oxygen atoms in total. The molecule has 0 spiro atoms. The van der Waals surface area contributed by atoms with Crippen molar-refractivity contribution in [2.75, 3.05) is 13.2 Å². The first-order valence-corrected chi connectivity index (χ1v) is 13.0. The van der Waals surface area contributed by atoms with Gasteiger partial charge >= 0.3 is 0 Å². The third-order valence-electron chi connectivity index (χ3n) is 6.49. The molecule has 0 saturated heterocycles. The SMILES string of the molecule is CC(C)(CO)CCCCc1cc(=O)cc(CCCc2cc(=O)cc(CCCCC(C)(C)CO)o2)o1. The van der Waals surface area contributed by atoms with Gasteiger partial charge in [-0.3, -0.25) is 9.59 Å². The highest BCUT2D eigenvalue weighted by Gasteiger charge is 2.16. The summed E-state index contributed by atoms with van der Waals surface area (Å²) in [4.78, 5) is 24.2. The fraction of sp³-hybridized carbons (Fsp3) is 0.655. The molecule has 0 atom stereocenters. The maximum Gasteiger partial charge on any atom is 0.185 e. The lowest BCUT2D eigenvalue weighted by molar-refractivity contribution is 0.147. The second-order valence-electron chi connectivity index (χ2n) is 11.4. The highest BCUT2D eigenvalue weighted by atomic mass is 16.3. The van der Waals surface area contributed by atoms with Gasteiger partial charge in [-0.05, 0) is 42.9 Å². The Kier molecular flexibility index (Phi) is 11.4. The van der Waals surface area contributed by atoms with Crippen LogP contribution in [0.1, 0.15) is 95.7 Å². The third kappa shape index (κ3) is 11.4. The van der Waals surface area contributed by atoms with E-state index in [1.807, 2.05) is 27.7 Å². The van der Waals surface area contributed by atoms with E-state index in [0.717, 1.165) is 38.5 Å². The number of rotatable bonds is 16. The molecule has 0 aliphatic heterocycles. The monoisotopic (exact) mass is 488 g/mol. The summed E-state index contributed by atoms with van der Waals surface area (Å²) >= 11 is 0. The number of aryl methyl sites for hydroxylation is 4. The Labute approximate surface area is 209 Å². The summed E-state index contributed by atoms with van der Waals surface area (Å²) in [6, 6.07) is 6.20. The third-order valence-corrected chi connectivity index (χ3v) is 6.49. The summed E-state index contributed by atoms with van der Waals surface area (Å²) in [6.45, 7) is 8.53. The molecule has 0 saturated carbocycles. The van der Waals surface area contributed by atoms with Gasteiger partial charge in [0.15, 0.2) is 10.9 Å². The predicted octanol–water partition coefficient (Wildman–Crippen LogP) is 5.23. The minimum absolute atomic E-state index is 0.0464. The first kappa shape index (κ1) is 29.1. The number of aliphatic hydroxyl groups excluding tert-OH is 2. The van der Waals surface area contributed by atoms with Crippen molar-refractivity contribution in [1.29, 1.82) is 0 Å². The normalized spacial score (nSPS) is 12.3. The zero-order valence-electron chi connectivity index (χ0n) is 22.0. The predicted molar refractivity (Wildman–Crippen MR) is 139 cm³/mol. The quantitative estimate of drug-likeness (QED) is 0.314. The molecule has 2 aromatic rings. The van der Waals surface area contributed by atoms with Crippen molar-refractivity contribution in [3.05, 3.63) is 67.8 Å². The molecule has 196 valence electrons. The van der Waals surface area contributed by atoms with Gasteiger partial charge in [-0.15, -0.1) is 0 Å². The Bertz CT molecular complexity index is 933. The lowest BCUT2D eigenvalue weighted by atomic mass is 9.88. The Morgan fingerprint density at radius 1 is 0.571 bits per heavy atom. The summed E-state index contributed by atoms with van der Waals surface area (Å²) in [7, 11) is 0. The molecule has 0 aliphatic rings. The maximum absolute atomic E-state index is 12.1. The topological polar surface area (TPSA) is 101 Å². The van der Waals surface area contributed by atoms with Crippen molar-refractivity contribution in [1.82, 2.24) is 0 Å². The van der Waals surface area contributed by atoms with Crippen LogP contribution in [0.5, 0.6) is 0 Å². The minimum Gasteiger partial charge on any atom is -0.466 e. The zero-order valence-corrected chi connectivity index (χ0v) is 22.0. The molecule has 0 aliphatic carbocycles. The highest BCUT2D eigenvalue weighted by Crippen LogP contribution is 2.24. The molecule has 0 radical (unpaired) electrons. The van der Waals surface area contributed by atoms with Crippen LogP contribution in [0.25, 0.3) is 0 Å². The van der Waals surface area contributed by atoms with E-state index in [-0.39, 0.29) is 34.9 Å². The Morgan fingerprint density at radius 2 is 0.886 bits per heavy atom. The molecule has 6 heteroatoms. The van der Waals surface area contributed by atoms with Crippen LogP contribution in [0.3, 0.4) is 0 Å². The molecule has 35 heavy (non-hydrogen) atoms. The number of unbranched alkanes of at least 4 members (excludes halogenated alkanes) is 2. The summed E-state index contributed by atoms with van der Waals surface area (Å²) in [5, 5.41) is 18.7. The maximum atomic E-state index is 12.1. The first-order chi connectivity index (χ1) is 16.5. The molecule has 2 heterocycles. The van der Waals surface area contributed by atoms with Gasteiger partial charge in [-0.1, -0.05) is 40.5 Å². The van der Waals surface area contributed by atoms with Crippen LogP contribution in [0.4, 0.5) is 0 Å². The van der Waals surface area contributed by atoms with Gasteiger partial charge in [0.1, 0.15) is 23.0 Å². The van der Waals surface area contributed by atoms with E-state index in [1.165, 1.54) is 0 Å². The molecular formula is C29H44O6. The Hall–Kier alpha value is -2.18. The molecule has 2 aromatic heterocycles. The van der Waals surface area contributed by atoms with E-state index in [2.05, 4.69) is 0 Å². The van der Waals surface area contributed by atoms with Gasteiger partial charge in [-0.2, -0.15) is 0 Å².